The summed E-state index contributed by atoms with van der Waals surface area (Å²) < 4.78 is 2.34. The second kappa shape index (κ2) is 9.49. The van der Waals surface area contributed by atoms with E-state index in [9.17, 15) is 9.59 Å². The molecule has 0 saturated carbocycles. The molecule has 0 bridgehead atoms. The Morgan fingerprint density at radius 2 is 1.71 bits per heavy atom. The average Bonchev–Trinajstić information content (AvgIpc) is 3.34. The fourth-order valence-corrected chi connectivity index (χ4v) is 3.70. The summed E-state index contributed by atoms with van der Waals surface area (Å²) in [6, 6.07) is 17.5. The second-order valence-electron chi connectivity index (χ2n) is 6.12. The number of rotatable bonds is 5. The predicted octanol–water partition coefficient (Wildman–Crippen LogP) is 3.05. The average molecular weight is 496 g/mol. The number of amides is 2. The number of nitrogens with zero attached hydrogens (tertiary/aromatic N) is 5. The molecule has 2 aromatic carbocycles. The van der Waals surface area contributed by atoms with Crippen LogP contribution in [0.1, 0.15) is 20.7 Å². The summed E-state index contributed by atoms with van der Waals surface area (Å²) in [5.74, 6) is -0.879. The number of hydrazine groups is 1. The summed E-state index contributed by atoms with van der Waals surface area (Å²) in [5, 5.41) is 11.7. The van der Waals surface area contributed by atoms with E-state index in [2.05, 4.69) is 47.3 Å². The molecule has 0 radical (unpaired) electrons. The zero-order chi connectivity index (χ0) is 21.6. The Hall–Kier alpha value is -3.57. The highest BCUT2D eigenvalue weighted by molar-refractivity contribution is 9.10. The number of hydrogen-bond donors (Lipinski definition) is 2. The Kier molecular flexibility index (Phi) is 6.34. The van der Waals surface area contributed by atoms with Crippen LogP contribution in [0.25, 0.3) is 5.69 Å². The van der Waals surface area contributed by atoms with Gasteiger partial charge in [0.05, 0.1) is 11.3 Å². The minimum absolute atomic E-state index is 0.374. The highest BCUT2D eigenvalue weighted by Crippen LogP contribution is 2.29. The van der Waals surface area contributed by atoms with Crippen molar-refractivity contribution in [1.82, 2.24) is 36.0 Å². The van der Waals surface area contributed by atoms with Gasteiger partial charge in [0.25, 0.3) is 11.8 Å². The maximum atomic E-state index is 12.7. The Balaban J connectivity index is 1.40. The summed E-state index contributed by atoms with van der Waals surface area (Å²) in [6.07, 6.45) is 3.14. The smallest absolute Gasteiger partial charge is 0.267 e. The molecule has 154 valence electrons. The SMILES string of the molecule is O=C(NNC(=O)c1ccccc1Sc1ccc(Br)cn1)c1ccc(-n2cnnn2)cc1. The van der Waals surface area contributed by atoms with Gasteiger partial charge >= 0.3 is 0 Å². The molecule has 9 nitrogen and oxygen atoms in total. The monoisotopic (exact) mass is 495 g/mol. The first-order chi connectivity index (χ1) is 15.1. The normalized spacial score (nSPS) is 10.5. The molecule has 0 unspecified atom stereocenters. The standard InChI is InChI=1S/C20H14BrN7O2S/c21-14-7-10-18(22-11-14)31-17-4-2-1-3-16(17)20(30)25-24-19(29)13-5-8-15(9-6-13)28-12-23-26-27-28/h1-12H,(H,24,29)(H,25,30). The largest absolute Gasteiger partial charge is 0.270 e. The van der Waals surface area contributed by atoms with Crippen LogP contribution in [0.2, 0.25) is 0 Å². The van der Waals surface area contributed by atoms with E-state index in [0.717, 1.165) is 14.4 Å². The van der Waals surface area contributed by atoms with Crippen LogP contribution in [0.5, 0.6) is 0 Å². The molecule has 2 aromatic heterocycles. The van der Waals surface area contributed by atoms with Gasteiger partial charge in [-0.3, -0.25) is 20.4 Å². The fourth-order valence-electron chi connectivity index (χ4n) is 2.58. The van der Waals surface area contributed by atoms with Crippen molar-refractivity contribution in [3.63, 3.8) is 0 Å². The van der Waals surface area contributed by atoms with Crippen molar-refractivity contribution < 1.29 is 9.59 Å². The third-order valence-electron chi connectivity index (χ3n) is 4.08. The first kappa shape index (κ1) is 20.7. The van der Waals surface area contributed by atoms with Gasteiger partial charge in [-0.05, 0) is 74.9 Å². The Morgan fingerprint density at radius 3 is 2.42 bits per heavy atom. The van der Waals surface area contributed by atoms with E-state index in [1.807, 2.05) is 24.3 Å². The molecule has 0 aliphatic carbocycles. The van der Waals surface area contributed by atoms with Gasteiger partial charge in [0.2, 0.25) is 0 Å². The van der Waals surface area contributed by atoms with Crippen LogP contribution in [-0.4, -0.2) is 37.0 Å². The third kappa shape index (κ3) is 5.13. The summed E-state index contributed by atoms with van der Waals surface area (Å²) in [6.45, 7) is 0. The molecule has 4 aromatic rings. The molecule has 0 spiro atoms. The van der Waals surface area contributed by atoms with E-state index >= 15 is 0 Å². The lowest BCUT2D eigenvalue weighted by atomic mass is 10.2. The summed E-state index contributed by atoms with van der Waals surface area (Å²) in [5.41, 5.74) is 6.39. The van der Waals surface area contributed by atoms with E-state index in [1.165, 1.54) is 22.8 Å². The maximum Gasteiger partial charge on any atom is 0.270 e. The van der Waals surface area contributed by atoms with E-state index in [4.69, 9.17) is 0 Å². The summed E-state index contributed by atoms with van der Waals surface area (Å²) in [4.78, 5) is 30.1. The molecular weight excluding hydrogens is 482 g/mol. The van der Waals surface area contributed by atoms with E-state index in [-0.39, 0.29) is 0 Å². The molecule has 31 heavy (non-hydrogen) atoms. The van der Waals surface area contributed by atoms with Gasteiger partial charge in [0, 0.05) is 21.1 Å². The van der Waals surface area contributed by atoms with E-state index in [1.54, 1.807) is 42.6 Å². The van der Waals surface area contributed by atoms with Crippen LogP contribution in [-0.2, 0) is 0 Å². The van der Waals surface area contributed by atoms with Crippen LogP contribution >= 0.6 is 27.7 Å². The van der Waals surface area contributed by atoms with Crippen LogP contribution in [0.3, 0.4) is 0 Å². The molecule has 11 heteroatoms. The maximum absolute atomic E-state index is 12.7. The number of aromatic nitrogens is 5. The number of hydrogen-bond acceptors (Lipinski definition) is 7. The molecule has 2 N–H and O–H groups in total. The van der Waals surface area contributed by atoms with Crippen molar-refractivity contribution in [2.24, 2.45) is 0 Å². The van der Waals surface area contributed by atoms with Crippen molar-refractivity contribution in [3.05, 3.63) is 88.8 Å². The molecule has 4 rings (SSSR count). The molecule has 0 saturated heterocycles. The number of nitrogens with one attached hydrogen (secondary N) is 2. The zero-order valence-electron chi connectivity index (χ0n) is 15.8. The molecule has 0 fully saturated rings. The van der Waals surface area contributed by atoms with Gasteiger partial charge in [-0.15, -0.1) is 5.10 Å². The lowest BCUT2D eigenvalue weighted by molar-refractivity contribution is 0.0845. The highest BCUT2D eigenvalue weighted by Gasteiger charge is 2.14. The summed E-state index contributed by atoms with van der Waals surface area (Å²) >= 11 is 4.71. The van der Waals surface area contributed by atoms with Crippen LogP contribution < -0.4 is 10.9 Å². The lowest BCUT2D eigenvalue weighted by Gasteiger charge is -2.11. The van der Waals surface area contributed by atoms with Crippen molar-refractivity contribution in [2.75, 3.05) is 0 Å². The molecular formula is C20H14BrN7O2S. The number of pyridine rings is 1. The molecule has 2 heterocycles. The number of carbonyl (C=O) groups excluding carboxylic acids is 2. The van der Waals surface area contributed by atoms with Crippen LogP contribution in [0.15, 0.2) is 87.6 Å². The van der Waals surface area contributed by atoms with Crippen molar-refractivity contribution >= 4 is 39.5 Å². The molecule has 0 atom stereocenters. The van der Waals surface area contributed by atoms with Crippen LogP contribution in [0.4, 0.5) is 0 Å². The zero-order valence-corrected chi connectivity index (χ0v) is 18.2. The van der Waals surface area contributed by atoms with Gasteiger partial charge in [0.1, 0.15) is 11.4 Å². The Bertz CT molecular complexity index is 1200. The van der Waals surface area contributed by atoms with E-state index in [0.29, 0.717) is 16.8 Å². The first-order valence-electron chi connectivity index (χ1n) is 8.93. The van der Waals surface area contributed by atoms with Gasteiger partial charge in [-0.25, -0.2) is 9.67 Å². The Labute approximate surface area is 189 Å². The minimum atomic E-state index is -0.448. The number of benzene rings is 2. The molecule has 0 aliphatic heterocycles. The molecule has 2 amide bonds. The number of halogens is 1. The predicted molar refractivity (Wildman–Crippen MR) is 117 cm³/mol. The quantitative estimate of drug-likeness (QED) is 0.408. The van der Waals surface area contributed by atoms with Crippen LogP contribution in [0, 0.1) is 0 Å². The van der Waals surface area contributed by atoms with Gasteiger partial charge in [-0.2, -0.15) is 0 Å². The minimum Gasteiger partial charge on any atom is -0.267 e. The van der Waals surface area contributed by atoms with Gasteiger partial charge in [0.15, 0.2) is 0 Å². The second-order valence-corrected chi connectivity index (χ2v) is 8.10. The highest BCUT2D eigenvalue weighted by atomic mass is 79.9. The number of tetrazole rings is 1. The fraction of sp³-hybridized carbons (Fsp3) is 0. The van der Waals surface area contributed by atoms with E-state index < -0.39 is 11.8 Å². The molecule has 0 aliphatic rings. The first-order valence-corrected chi connectivity index (χ1v) is 10.5. The van der Waals surface area contributed by atoms with Gasteiger partial charge < -0.3 is 0 Å². The number of carbonyl (C=O) groups is 2. The topological polar surface area (TPSA) is 115 Å². The lowest BCUT2D eigenvalue weighted by Crippen LogP contribution is -2.41. The van der Waals surface area contributed by atoms with Crippen molar-refractivity contribution in [3.8, 4) is 5.69 Å². The Morgan fingerprint density at radius 1 is 0.935 bits per heavy atom. The van der Waals surface area contributed by atoms with Crippen molar-refractivity contribution in [1.29, 1.82) is 0 Å². The van der Waals surface area contributed by atoms with Crippen molar-refractivity contribution in [2.45, 2.75) is 9.92 Å². The van der Waals surface area contributed by atoms with Gasteiger partial charge in [-0.1, -0.05) is 23.9 Å². The third-order valence-corrected chi connectivity index (χ3v) is 5.57. The summed E-state index contributed by atoms with van der Waals surface area (Å²) in [7, 11) is 0.